The Bertz CT molecular complexity index is 643. The van der Waals surface area contributed by atoms with Gasteiger partial charge in [-0.1, -0.05) is 36.4 Å². The lowest BCUT2D eigenvalue weighted by atomic mass is 10.1. The van der Waals surface area contributed by atoms with E-state index in [-0.39, 0.29) is 12.1 Å². The number of hydrogen-bond acceptors (Lipinski definition) is 3. The highest BCUT2D eigenvalue weighted by molar-refractivity contribution is 5.68. The molecule has 1 fully saturated rings. The summed E-state index contributed by atoms with van der Waals surface area (Å²) in [6, 6.07) is 11.9. The molecule has 22 heavy (non-hydrogen) atoms. The summed E-state index contributed by atoms with van der Waals surface area (Å²) in [5.74, 6) is 0. The number of nitrogens with zero attached hydrogens (tertiary/aromatic N) is 2. The average Bonchev–Trinajstić information content (AvgIpc) is 3.03. The van der Waals surface area contributed by atoms with E-state index in [0.717, 1.165) is 36.1 Å². The van der Waals surface area contributed by atoms with Crippen molar-refractivity contribution in [1.82, 2.24) is 9.88 Å². The first kappa shape index (κ1) is 14.6. The Hall–Kier alpha value is -2.36. The molecular formula is C18H20N2O2. The minimum absolute atomic E-state index is 0.0793. The van der Waals surface area contributed by atoms with Crippen molar-refractivity contribution in [3.05, 3.63) is 65.5 Å². The third-order valence-electron chi connectivity index (χ3n) is 3.97. The van der Waals surface area contributed by atoms with Gasteiger partial charge < -0.3 is 9.64 Å². The van der Waals surface area contributed by atoms with Crippen LogP contribution in [0.15, 0.2) is 48.8 Å². The zero-order valence-electron chi connectivity index (χ0n) is 12.7. The van der Waals surface area contributed by atoms with Crippen molar-refractivity contribution in [2.24, 2.45) is 0 Å². The van der Waals surface area contributed by atoms with Crippen LogP contribution in [0.4, 0.5) is 4.79 Å². The van der Waals surface area contributed by atoms with Crippen LogP contribution in [0.2, 0.25) is 0 Å². The van der Waals surface area contributed by atoms with Crippen LogP contribution in [-0.4, -0.2) is 22.5 Å². The predicted molar refractivity (Wildman–Crippen MR) is 84.3 cm³/mol. The third kappa shape index (κ3) is 3.27. The van der Waals surface area contributed by atoms with Gasteiger partial charge in [-0.15, -0.1) is 0 Å². The number of likely N-dealkylation sites (tertiary alicyclic amines) is 1. The van der Waals surface area contributed by atoms with Gasteiger partial charge in [-0.05, 0) is 36.5 Å². The van der Waals surface area contributed by atoms with Crippen molar-refractivity contribution >= 4 is 6.09 Å². The van der Waals surface area contributed by atoms with Gasteiger partial charge in [0.15, 0.2) is 0 Å². The molecule has 3 rings (SSSR count). The second kappa shape index (κ2) is 6.60. The molecule has 1 amide bonds. The summed E-state index contributed by atoms with van der Waals surface area (Å²) in [7, 11) is 0. The number of benzene rings is 1. The molecule has 1 aromatic carbocycles. The van der Waals surface area contributed by atoms with E-state index in [4.69, 9.17) is 4.74 Å². The lowest BCUT2D eigenvalue weighted by Crippen LogP contribution is -2.31. The van der Waals surface area contributed by atoms with Gasteiger partial charge in [-0.2, -0.15) is 0 Å². The second-order valence-corrected chi connectivity index (χ2v) is 5.69. The van der Waals surface area contributed by atoms with Crippen LogP contribution in [0.5, 0.6) is 0 Å². The molecule has 0 N–H and O–H groups in total. The molecular weight excluding hydrogens is 276 g/mol. The van der Waals surface area contributed by atoms with Gasteiger partial charge in [0, 0.05) is 18.9 Å². The van der Waals surface area contributed by atoms with Crippen LogP contribution in [0.1, 0.15) is 35.6 Å². The molecule has 1 aromatic heterocycles. The van der Waals surface area contributed by atoms with Gasteiger partial charge in [0.25, 0.3) is 0 Å². The maximum atomic E-state index is 12.4. The maximum absolute atomic E-state index is 12.4. The number of ether oxygens (including phenoxy) is 1. The highest BCUT2D eigenvalue weighted by Gasteiger charge is 2.31. The fourth-order valence-electron chi connectivity index (χ4n) is 2.89. The van der Waals surface area contributed by atoms with Crippen molar-refractivity contribution in [2.75, 3.05) is 6.54 Å². The highest BCUT2D eigenvalue weighted by Crippen LogP contribution is 2.32. The van der Waals surface area contributed by atoms with Crippen LogP contribution in [0.3, 0.4) is 0 Å². The van der Waals surface area contributed by atoms with E-state index in [9.17, 15) is 4.79 Å². The summed E-state index contributed by atoms with van der Waals surface area (Å²) in [6.07, 6.45) is 5.40. The Labute approximate surface area is 130 Å². The molecule has 2 heterocycles. The number of aromatic nitrogens is 1. The normalized spacial score (nSPS) is 17.5. The topological polar surface area (TPSA) is 42.4 Å². The lowest BCUT2D eigenvalue weighted by molar-refractivity contribution is 0.0920. The molecule has 0 unspecified atom stereocenters. The predicted octanol–water partition coefficient (Wildman–Crippen LogP) is 3.86. The number of hydrogen-bond donors (Lipinski definition) is 0. The second-order valence-electron chi connectivity index (χ2n) is 5.69. The van der Waals surface area contributed by atoms with Gasteiger partial charge in [0.1, 0.15) is 6.61 Å². The maximum Gasteiger partial charge on any atom is 0.410 e. The Morgan fingerprint density at radius 1 is 1.32 bits per heavy atom. The molecule has 0 saturated carbocycles. The molecule has 114 valence electrons. The van der Waals surface area contributed by atoms with E-state index in [1.165, 1.54) is 0 Å². The molecule has 0 spiro atoms. The van der Waals surface area contributed by atoms with Gasteiger partial charge in [0.05, 0.1) is 6.04 Å². The van der Waals surface area contributed by atoms with Gasteiger partial charge in [-0.3, -0.25) is 4.98 Å². The Morgan fingerprint density at radius 3 is 2.91 bits per heavy atom. The fraction of sp³-hybridized carbons (Fsp3) is 0.333. The van der Waals surface area contributed by atoms with Crippen molar-refractivity contribution in [3.8, 4) is 0 Å². The van der Waals surface area contributed by atoms with Crippen LogP contribution in [0.25, 0.3) is 0 Å². The minimum atomic E-state index is -0.243. The molecule has 1 aliphatic heterocycles. The number of aryl methyl sites for hydroxylation is 1. The van der Waals surface area contributed by atoms with Crippen LogP contribution >= 0.6 is 0 Å². The number of carbonyl (C=O) groups is 1. The molecule has 2 aromatic rings. The quantitative estimate of drug-likeness (QED) is 0.863. The molecule has 4 heteroatoms. The van der Waals surface area contributed by atoms with Crippen molar-refractivity contribution < 1.29 is 9.53 Å². The monoisotopic (exact) mass is 296 g/mol. The first-order chi connectivity index (χ1) is 10.7. The standard InChI is InChI=1S/C18H20N2O2/c1-14-10-16(12-19-11-14)17-8-5-9-20(17)18(21)22-13-15-6-3-2-4-7-15/h2-4,6-7,10-12,17H,5,8-9,13H2,1H3/t17-/m1/s1. The summed E-state index contributed by atoms with van der Waals surface area (Å²) in [5, 5.41) is 0. The van der Waals surface area contributed by atoms with E-state index in [2.05, 4.69) is 11.1 Å². The summed E-state index contributed by atoms with van der Waals surface area (Å²) in [5.41, 5.74) is 3.21. The molecule has 1 saturated heterocycles. The molecule has 0 aliphatic carbocycles. The number of rotatable bonds is 3. The summed E-state index contributed by atoms with van der Waals surface area (Å²) in [6.45, 7) is 3.07. The number of amides is 1. The van der Waals surface area contributed by atoms with Gasteiger partial charge in [-0.25, -0.2) is 4.79 Å². The van der Waals surface area contributed by atoms with E-state index >= 15 is 0 Å². The molecule has 0 bridgehead atoms. The Balaban J connectivity index is 1.66. The zero-order valence-corrected chi connectivity index (χ0v) is 12.7. The lowest BCUT2D eigenvalue weighted by Gasteiger charge is -2.24. The van der Waals surface area contributed by atoms with Gasteiger partial charge >= 0.3 is 6.09 Å². The van der Waals surface area contributed by atoms with Crippen molar-refractivity contribution in [2.45, 2.75) is 32.4 Å². The summed E-state index contributed by atoms with van der Waals surface area (Å²) < 4.78 is 5.46. The van der Waals surface area contributed by atoms with Crippen molar-refractivity contribution in [3.63, 3.8) is 0 Å². The average molecular weight is 296 g/mol. The first-order valence-electron chi connectivity index (χ1n) is 7.63. The SMILES string of the molecule is Cc1cncc([C@H]2CCCN2C(=O)OCc2ccccc2)c1. The Morgan fingerprint density at radius 2 is 2.14 bits per heavy atom. The molecule has 1 aliphatic rings. The molecule has 1 atom stereocenters. The molecule has 0 radical (unpaired) electrons. The highest BCUT2D eigenvalue weighted by atomic mass is 16.6. The smallest absolute Gasteiger partial charge is 0.410 e. The van der Waals surface area contributed by atoms with Crippen LogP contribution in [-0.2, 0) is 11.3 Å². The van der Waals surface area contributed by atoms with Gasteiger partial charge in [0.2, 0.25) is 0 Å². The van der Waals surface area contributed by atoms with Crippen LogP contribution in [0, 0.1) is 6.92 Å². The summed E-state index contributed by atoms with van der Waals surface area (Å²) in [4.78, 5) is 18.4. The minimum Gasteiger partial charge on any atom is -0.445 e. The van der Waals surface area contributed by atoms with E-state index in [1.54, 1.807) is 0 Å². The summed E-state index contributed by atoms with van der Waals surface area (Å²) >= 11 is 0. The number of carbonyl (C=O) groups excluding carboxylic acids is 1. The molecule has 4 nitrogen and oxygen atoms in total. The fourth-order valence-corrected chi connectivity index (χ4v) is 2.89. The van der Waals surface area contributed by atoms with E-state index in [1.807, 2.05) is 54.5 Å². The largest absolute Gasteiger partial charge is 0.445 e. The number of pyridine rings is 1. The van der Waals surface area contributed by atoms with E-state index in [0.29, 0.717) is 6.61 Å². The first-order valence-corrected chi connectivity index (χ1v) is 7.63. The Kier molecular flexibility index (Phi) is 4.37. The zero-order chi connectivity index (χ0) is 15.4. The van der Waals surface area contributed by atoms with E-state index < -0.39 is 0 Å². The van der Waals surface area contributed by atoms with Crippen LogP contribution < -0.4 is 0 Å². The van der Waals surface area contributed by atoms with Crippen molar-refractivity contribution in [1.29, 1.82) is 0 Å². The third-order valence-corrected chi connectivity index (χ3v) is 3.97.